The lowest BCUT2D eigenvalue weighted by Gasteiger charge is -2.08. The van der Waals surface area contributed by atoms with Gasteiger partial charge in [-0.2, -0.15) is 10.1 Å². The first-order valence-corrected chi connectivity index (χ1v) is 8.85. The molecule has 9 heteroatoms. The number of aromatic hydroxyl groups is 1. The Balaban J connectivity index is 1.80. The van der Waals surface area contributed by atoms with Crippen LogP contribution in [0.1, 0.15) is 11.1 Å². The molecule has 29 heavy (non-hydrogen) atoms. The molecule has 0 aliphatic rings. The van der Waals surface area contributed by atoms with Gasteiger partial charge in [0, 0.05) is 12.6 Å². The number of fused-ring (bicyclic) bond motifs is 1. The predicted molar refractivity (Wildman–Crippen MR) is 110 cm³/mol. The van der Waals surface area contributed by atoms with Gasteiger partial charge in [0.1, 0.15) is 5.75 Å². The largest absolute Gasteiger partial charge is 0.507 e. The Labute approximate surface area is 164 Å². The lowest BCUT2D eigenvalue weighted by Crippen LogP contribution is -2.29. The summed E-state index contributed by atoms with van der Waals surface area (Å²) < 4.78 is 2.93. The summed E-state index contributed by atoms with van der Waals surface area (Å²) in [5.41, 5.74) is 3.73. The Morgan fingerprint density at radius 2 is 1.86 bits per heavy atom. The van der Waals surface area contributed by atoms with E-state index in [0.29, 0.717) is 18.1 Å². The Hall–Kier alpha value is -4.14. The highest BCUT2D eigenvalue weighted by Gasteiger charge is 2.17. The van der Waals surface area contributed by atoms with Crippen LogP contribution in [0.15, 0.2) is 69.3 Å². The third kappa shape index (κ3) is 3.53. The second-order valence-electron chi connectivity index (χ2n) is 6.43. The van der Waals surface area contributed by atoms with Crippen LogP contribution < -0.4 is 16.7 Å². The van der Waals surface area contributed by atoms with Crippen molar-refractivity contribution in [3.05, 3.63) is 86.6 Å². The van der Waals surface area contributed by atoms with Gasteiger partial charge in [-0.3, -0.25) is 18.9 Å². The summed E-state index contributed by atoms with van der Waals surface area (Å²) in [5, 5.41) is 14.0. The number of phenols is 1. The van der Waals surface area contributed by atoms with Crippen molar-refractivity contribution in [1.82, 2.24) is 19.1 Å². The molecular formula is C20H18N6O3. The normalized spacial score (nSPS) is 11.3. The van der Waals surface area contributed by atoms with Gasteiger partial charge in [0.15, 0.2) is 11.2 Å². The van der Waals surface area contributed by atoms with Gasteiger partial charge >= 0.3 is 5.69 Å². The van der Waals surface area contributed by atoms with Crippen molar-refractivity contribution in [2.75, 3.05) is 5.43 Å². The van der Waals surface area contributed by atoms with Gasteiger partial charge in [-0.25, -0.2) is 10.2 Å². The molecule has 4 aromatic rings. The zero-order valence-corrected chi connectivity index (χ0v) is 15.5. The minimum Gasteiger partial charge on any atom is -0.507 e. The minimum absolute atomic E-state index is 0.0923. The Morgan fingerprint density at radius 3 is 2.62 bits per heavy atom. The summed E-state index contributed by atoms with van der Waals surface area (Å²) in [6.07, 6.45) is 1.45. The molecule has 2 aromatic carbocycles. The molecule has 0 spiro atoms. The number of nitrogens with one attached hydrogen (secondary N) is 2. The van der Waals surface area contributed by atoms with E-state index in [1.165, 1.54) is 17.8 Å². The maximum Gasteiger partial charge on any atom is 0.329 e. The highest BCUT2D eigenvalue weighted by molar-refractivity contribution is 5.83. The first kappa shape index (κ1) is 18.2. The first-order valence-electron chi connectivity index (χ1n) is 8.85. The molecule has 0 atom stereocenters. The summed E-state index contributed by atoms with van der Waals surface area (Å²) >= 11 is 0. The number of aromatic amines is 1. The van der Waals surface area contributed by atoms with Crippen LogP contribution in [-0.4, -0.2) is 30.4 Å². The van der Waals surface area contributed by atoms with Gasteiger partial charge in [-0.05, 0) is 17.7 Å². The van der Waals surface area contributed by atoms with E-state index in [1.54, 1.807) is 28.8 Å². The zero-order chi connectivity index (χ0) is 20.4. The average molecular weight is 390 g/mol. The van der Waals surface area contributed by atoms with E-state index in [0.717, 1.165) is 5.56 Å². The number of hydrogen-bond donors (Lipinski definition) is 3. The molecule has 2 aromatic heterocycles. The first-order chi connectivity index (χ1) is 14.0. The van der Waals surface area contributed by atoms with E-state index < -0.39 is 11.2 Å². The van der Waals surface area contributed by atoms with Crippen LogP contribution >= 0.6 is 0 Å². The number of benzene rings is 2. The van der Waals surface area contributed by atoms with Crippen LogP contribution in [0.5, 0.6) is 5.75 Å². The summed E-state index contributed by atoms with van der Waals surface area (Å²) in [6, 6.07) is 16.3. The molecule has 2 heterocycles. The van der Waals surface area contributed by atoms with Crippen LogP contribution in [0.4, 0.5) is 5.95 Å². The van der Waals surface area contributed by atoms with Crippen LogP contribution in [0.25, 0.3) is 11.2 Å². The maximum absolute atomic E-state index is 12.5. The number of para-hydroxylation sites is 1. The van der Waals surface area contributed by atoms with Crippen LogP contribution in [0, 0.1) is 0 Å². The average Bonchev–Trinajstić information content (AvgIpc) is 3.07. The molecule has 0 saturated carbocycles. The number of nitrogens with zero attached hydrogens (tertiary/aromatic N) is 4. The van der Waals surface area contributed by atoms with Gasteiger partial charge in [-0.15, -0.1) is 0 Å². The molecule has 9 nitrogen and oxygen atoms in total. The van der Waals surface area contributed by atoms with E-state index >= 15 is 0 Å². The second kappa shape index (κ2) is 7.47. The number of aryl methyl sites for hydroxylation is 1. The van der Waals surface area contributed by atoms with E-state index in [2.05, 4.69) is 20.5 Å². The molecule has 146 valence electrons. The van der Waals surface area contributed by atoms with Crippen molar-refractivity contribution in [2.45, 2.75) is 6.54 Å². The highest BCUT2D eigenvalue weighted by atomic mass is 16.3. The van der Waals surface area contributed by atoms with Gasteiger partial charge in [0.2, 0.25) is 5.95 Å². The van der Waals surface area contributed by atoms with Crippen LogP contribution in [0.2, 0.25) is 0 Å². The van der Waals surface area contributed by atoms with E-state index in [1.807, 2.05) is 30.3 Å². The zero-order valence-electron chi connectivity index (χ0n) is 15.5. The summed E-state index contributed by atoms with van der Waals surface area (Å²) in [6.45, 7) is 0.354. The number of aromatic nitrogens is 4. The van der Waals surface area contributed by atoms with E-state index in [4.69, 9.17) is 0 Å². The lowest BCUT2D eigenvalue weighted by molar-refractivity contribution is 0.474. The molecule has 0 unspecified atom stereocenters. The molecule has 0 fully saturated rings. The Morgan fingerprint density at radius 1 is 1.14 bits per heavy atom. The van der Waals surface area contributed by atoms with Crippen molar-refractivity contribution in [3.8, 4) is 5.75 Å². The molecule has 0 aliphatic carbocycles. The highest BCUT2D eigenvalue weighted by Crippen LogP contribution is 2.18. The Bertz CT molecular complexity index is 1320. The van der Waals surface area contributed by atoms with Crippen molar-refractivity contribution in [1.29, 1.82) is 0 Å². The number of phenolic OH excluding ortho intramolecular Hbond substituents is 1. The summed E-state index contributed by atoms with van der Waals surface area (Å²) in [7, 11) is 1.54. The van der Waals surface area contributed by atoms with Gasteiger partial charge < -0.3 is 5.11 Å². The minimum atomic E-state index is -0.545. The molecule has 0 saturated heterocycles. The molecule has 0 aliphatic heterocycles. The van der Waals surface area contributed by atoms with Crippen LogP contribution in [0.3, 0.4) is 0 Å². The fourth-order valence-corrected chi connectivity index (χ4v) is 3.00. The third-order valence-corrected chi connectivity index (χ3v) is 4.50. The van der Waals surface area contributed by atoms with Gasteiger partial charge in [-0.1, -0.05) is 42.5 Å². The van der Waals surface area contributed by atoms with E-state index in [9.17, 15) is 14.7 Å². The standard InChI is InChI=1S/C20H18N6O3/c1-25-17-16(18(28)23-20(25)29)26(12-13-7-3-2-4-8-13)19(22-17)24-21-11-14-9-5-6-10-15(14)27/h2-11,27H,12H2,1H3,(H,22,24)(H,23,28,29). The topological polar surface area (TPSA) is 117 Å². The lowest BCUT2D eigenvalue weighted by atomic mass is 10.2. The predicted octanol–water partition coefficient (Wildman–Crippen LogP) is 1.62. The third-order valence-electron chi connectivity index (χ3n) is 4.50. The van der Waals surface area contributed by atoms with Crippen molar-refractivity contribution >= 4 is 23.3 Å². The molecule has 3 N–H and O–H groups in total. The number of hydrazone groups is 1. The molecule has 0 amide bonds. The smallest absolute Gasteiger partial charge is 0.329 e. The molecule has 0 radical (unpaired) electrons. The fourth-order valence-electron chi connectivity index (χ4n) is 3.00. The van der Waals surface area contributed by atoms with Crippen molar-refractivity contribution in [3.63, 3.8) is 0 Å². The molecular weight excluding hydrogens is 372 g/mol. The quantitative estimate of drug-likeness (QED) is 0.354. The van der Waals surface area contributed by atoms with Gasteiger partial charge in [0.25, 0.3) is 5.56 Å². The molecule has 4 rings (SSSR count). The Kier molecular flexibility index (Phi) is 4.70. The SMILES string of the molecule is Cn1c(=O)[nH]c(=O)c2c1nc(NN=Cc1ccccc1O)n2Cc1ccccc1. The fraction of sp³-hybridized carbons (Fsp3) is 0.100. The monoisotopic (exact) mass is 390 g/mol. The van der Waals surface area contributed by atoms with Crippen molar-refractivity contribution < 1.29 is 5.11 Å². The number of rotatable bonds is 5. The summed E-state index contributed by atoms with van der Waals surface area (Å²) in [4.78, 5) is 31.1. The maximum atomic E-state index is 12.5. The second-order valence-corrected chi connectivity index (χ2v) is 6.43. The number of H-pyrrole nitrogens is 1. The summed E-state index contributed by atoms with van der Waals surface area (Å²) in [5.74, 6) is 0.386. The van der Waals surface area contributed by atoms with Gasteiger partial charge in [0.05, 0.1) is 12.8 Å². The van der Waals surface area contributed by atoms with E-state index in [-0.39, 0.29) is 16.9 Å². The number of anilines is 1. The number of imidazole rings is 1. The number of hydrogen-bond acceptors (Lipinski definition) is 6. The molecule has 0 bridgehead atoms. The van der Waals surface area contributed by atoms with Crippen molar-refractivity contribution in [2.24, 2.45) is 12.1 Å². The van der Waals surface area contributed by atoms with Crippen LogP contribution in [-0.2, 0) is 13.6 Å².